The molecule has 0 radical (unpaired) electrons. The van der Waals surface area contributed by atoms with Gasteiger partial charge in [-0.3, -0.25) is 0 Å². The minimum Gasteiger partial charge on any atom is -0.317 e. The monoisotopic (exact) mass is 302 g/mol. The minimum absolute atomic E-state index is 0.349. The van der Waals surface area contributed by atoms with Crippen molar-refractivity contribution in [3.8, 4) is 11.8 Å². The lowest BCUT2D eigenvalue weighted by Crippen LogP contribution is -1.95. The van der Waals surface area contributed by atoms with Crippen molar-refractivity contribution in [2.45, 2.75) is 6.92 Å². The maximum absolute atomic E-state index is 13.4. The molecule has 112 valence electrons. The van der Waals surface area contributed by atoms with E-state index in [1.54, 1.807) is 18.2 Å². The van der Waals surface area contributed by atoms with Crippen LogP contribution in [0.15, 0.2) is 66.9 Å². The van der Waals surface area contributed by atoms with Gasteiger partial charge in [0.1, 0.15) is 5.82 Å². The summed E-state index contributed by atoms with van der Waals surface area (Å²) < 4.78 is 15.4. The lowest BCUT2D eigenvalue weighted by Gasteiger charge is -2.08. The summed E-state index contributed by atoms with van der Waals surface area (Å²) in [4.78, 5) is 0. The van der Waals surface area contributed by atoms with E-state index in [-0.39, 0.29) is 5.82 Å². The number of nitrogens with zero attached hydrogens (tertiary/aromatic N) is 2. The zero-order chi connectivity index (χ0) is 16.2. The zero-order valence-electron chi connectivity index (χ0n) is 12.7. The second-order valence-electron chi connectivity index (χ2n) is 5.32. The molecule has 0 aliphatic heterocycles. The third-order valence-electron chi connectivity index (χ3n) is 3.61. The topological polar surface area (TPSA) is 28.7 Å². The van der Waals surface area contributed by atoms with Crippen molar-refractivity contribution in [3.05, 3.63) is 89.5 Å². The van der Waals surface area contributed by atoms with Crippen LogP contribution in [0.5, 0.6) is 0 Å². The van der Waals surface area contributed by atoms with Crippen molar-refractivity contribution in [3.63, 3.8) is 0 Å². The lowest BCUT2D eigenvalue weighted by atomic mass is 10.1. The van der Waals surface area contributed by atoms with Crippen molar-refractivity contribution < 1.29 is 4.39 Å². The van der Waals surface area contributed by atoms with Crippen molar-refractivity contribution in [2.24, 2.45) is 0 Å². The first-order valence-electron chi connectivity index (χ1n) is 7.29. The van der Waals surface area contributed by atoms with Crippen molar-refractivity contribution >= 4 is 11.6 Å². The van der Waals surface area contributed by atoms with Gasteiger partial charge in [-0.25, -0.2) is 4.39 Å². The third-order valence-corrected chi connectivity index (χ3v) is 3.61. The second kappa shape index (κ2) is 6.33. The van der Waals surface area contributed by atoms with Crippen LogP contribution in [0.3, 0.4) is 0 Å². The second-order valence-corrected chi connectivity index (χ2v) is 5.32. The number of nitriles is 1. The average Bonchev–Trinajstić information content (AvgIpc) is 3.01. The summed E-state index contributed by atoms with van der Waals surface area (Å²) in [6, 6.07) is 20.2. The predicted molar refractivity (Wildman–Crippen MR) is 90.4 cm³/mol. The van der Waals surface area contributed by atoms with Crippen LogP contribution in [-0.4, -0.2) is 4.57 Å². The Bertz CT molecular complexity index is 913. The van der Waals surface area contributed by atoms with Gasteiger partial charge in [0.05, 0.1) is 11.6 Å². The number of aromatic nitrogens is 1. The quantitative estimate of drug-likeness (QED) is 0.627. The van der Waals surface area contributed by atoms with Gasteiger partial charge in [-0.15, -0.1) is 0 Å². The standard InChI is InChI=1S/C20H15FN2/c1-15-5-2-8-19(11-15)23-10-4-9-20(23)13-17(14-22)16-6-3-7-18(21)12-16/h2-13H,1H3/b17-13-. The average molecular weight is 302 g/mol. The molecule has 0 aliphatic rings. The molecule has 0 spiro atoms. The van der Waals surface area contributed by atoms with E-state index in [9.17, 15) is 9.65 Å². The molecule has 0 unspecified atom stereocenters. The van der Waals surface area contributed by atoms with Crippen LogP contribution in [0, 0.1) is 24.1 Å². The highest BCUT2D eigenvalue weighted by Gasteiger charge is 2.06. The molecule has 3 rings (SSSR count). The Kier molecular flexibility index (Phi) is 4.07. The lowest BCUT2D eigenvalue weighted by molar-refractivity contribution is 0.627. The summed E-state index contributed by atoms with van der Waals surface area (Å²) >= 11 is 0. The molecular formula is C20H15FN2. The van der Waals surface area contributed by atoms with Gasteiger partial charge in [0.25, 0.3) is 0 Å². The van der Waals surface area contributed by atoms with Gasteiger partial charge >= 0.3 is 0 Å². The van der Waals surface area contributed by atoms with Crippen LogP contribution in [0.4, 0.5) is 4.39 Å². The van der Waals surface area contributed by atoms with Gasteiger partial charge in [0, 0.05) is 17.6 Å². The molecule has 0 bridgehead atoms. The van der Waals surface area contributed by atoms with Crippen LogP contribution >= 0.6 is 0 Å². The highest BCUT2D eigenvalue weighted by atomic mass is 19.1. The molecule has 0 atom stereocenters. The van der Waals surface area contributed by atoms with E-state index in [4.69, 9.17) is 0 Å². The van der Waals surface area contributed by atoms with E-state index in [0.29, 0.717) is 11.1 Å². The predicted octanol–water partition coefficient (Wildman–Crippen LogP) is 4.99. The minimum atomic E-state index is -0.349. The molecule has 0 saturated carbocycles. The molecule has 0 aliphatic carbocycles. The Morgan fingerprint density at radius 3 is 2.65 bits per heavy atom. The van der Waals surface area contributed by atoms with Crippen molar-refractivity contribution in [1.82, 2.24) is 4.57 Å². The number of allylic oxidation sites excluding steroid dienone is 1. The highest BCUT2D eigenvalue weighted by Crippen LogP contribution is 2.21. The van der Waals surface area contributed by atoms with E-state index in [1.165, 1.54) is 12.1 Å². The van der Waals surface area contributed by atoms with Gasteiger partial charge < -0.3 is 4.57 Å². The molecule has 0 N–H and O–H groups in total. The van der Waals surface area contributed by atoms with E-state index < -0.39 is 0 Å². The van der Waals surface area contributed by atoms with E-state index in [0.717, 1.165) is 16.9 Å². The number of benzene rings is 2. The molecule has 3 heteroatoms. The molecule has 2 nitrogen and oxygen atoms in total. The first kappa shape index (κ1) is 14.8. The normalized spacial score (nSPS) is 11.3. The van der Waals surface area contributed by atoms with Gasteiger partial charge in [0.15, 0.2) is 0 Å². The summed E-state index contributed by atoms with van der Waals surface area (Å²) in [6.07, 6.45) is 3.72. The number of rotatable bonds is 3. The largest absolute Gasteiger partial charge is 0.317 e. The maximum atomic E-state index is 13.4. The zero-order valence-corrected chi connectivity index (χ0v) is 12.7. The molecule has 1 aromatic heterocycles. The molecule has 23 heavy (non-hydrogen) atoms. The highest BCUT2D eigenvalue weighted by molar-refractivity contribution is 5.89. The van der Waals surface area contributed by atoms with E-state index >= 15 is 0 Å². The Labute approximate surface area is 134 Å². The first-order chi connectivity index (χ1) is 11.2. The fraction of sp³-hybridized carbons (Fsp3) is 0.0500. The van der Waals surface area contributed by atoms with E-state index in [2.05, 4.69) is 12.1 Å². The van der Waals surface area contributed by atoms with Crippen LogP contribution in [0.1, 0.15) is 16.8 Å². The Balaban J connectivity index is 2.06. The summed E-state index contributed by atoms with van der Waals surface area (Å²) in [5, 5.41) is 9.42. The van der Waals surface area contributed by atoms with E-state index in [1.807, 2.05) is 48.0 Å². The molecule has 2 aromatic carbocycles. The van der Waals surface area contributed by atoms with Crippen LogP contribution < -0.4 is 0 Å². The summed E-state index contributed by atoms with van der Waals surface area (Å²) in [5.41, 5.74) is 4.06. The fourth-order valence-electron chi connectivity index (χ4n) is 2.51. The van der Waals surface area contributed by atoms with Gasteiger partial charge in [-0.2, -0.15) is 5.26 Å². The van der Waals surface area contributed by atoms with Crippen molar-refractivity contribution in [1.29, 1.82) is 5.26 Å². The summed E-state index contributed by atoms with van der Waals surface area (Å²) in [7, 11) is 0. The molecule has 0 amide bonds. The Hall–Kier alpha value is -3.12. The van der Waals surface area contributed by atoms with Crippen LogP contribution in [-0.2, 0) is 0 Å². The molecule has 0 fully saturated rings. The fourth-order valence-corrected chi connectivity index (χ4v) is 2.51. The molecule has 0 saturated heterocycles. The molecule has 3 aromatic rings. The third kappa shape index (κ3) is 3.22. The van der Waals surface area contributed by atoms with Crippen molar-refractivity contribution in [2.75, 3.05) is 0 Å². The van der Waals surface area contributed by atoms with Gasteiger partial charge in [-0.05, 0) is 60.5 Å². The summed E-state index contributed by atoms with van der Waals surface area (Å²) in [5.74, 6) is -0.349. The SMILES string of the molecule is Cc1cccc(-n2cccc2/C=C(/C#N)c2cccc(F)c2)c1. The molecular weight excluding hydrogens is 287 g/mol. The number of hydrogen-bond acceptors (Lipinski definition) is 1. The van der Waals surface area contributed by atoms with Gasteiger partial charge in [0.2, 0.25) is 0 Å². The first-order valence-corrected chi connectivity index (χ1v) is 7.29. The van der Waals surface area contributed by atoms with Crippen LogP contribution in [0.2, 0.25) is 0 Å². The number of aryl methyl sites for hydroxylation is 1. The Morgan fingerprint density at radius 2 is 1.91 bits per heavy atom. The maximum Gasteiger partial charge on any atom is 0.123 e. The van der Waals surface area contributed by atoms with Gasteiger partial charge in [-0.1, -0.05) is 24.3 Å². The number of halogens is 1. The smallest absolute Gasteiger partial charge is 0.123 e. The molecule has 1 heterocycles. The number of hydrogen-bond donors (Lipinski definition) is 0. The Morgan fingerprint density at radius 1 is 1.09 bits per heavy atom. The summed E-state index contributed by atoms with van der Waals surface area (Å²) in [6.45, 7) is 2.04. The van der Waals surface area contributed by atoms with Crippen LogP contribution in [0.25, 0.3) is 17.3 Å².